The number of pyridine rings is 1. The van der Waals surface area contributed by atoms with Crippen molar-refractivity contribution in [3.8, 4) is 0 Å². The molecule has 108 valence electrons. The molecule has 0 aliphatic heterocycles. The number of nitrogens with two attached hydrogens (primary N) is 1. The van der Waals surface area contributed by atoms with Crippen LogP contribution in [0.4, 0.5) is 5.82 Å². The molecule has 0 aliphatic carbocycles. The molecule has 3 rings (SSSR count). The van der Waals surface area contributed by atoms with E-state index in [1.807, 2.05) is 0 Å². The number of halogens is 2. The molecule has 1 aromatic carbocycles. The van der Waals surface area contributed by atoms with E-state index in [9.17, 15) is 8.42 Å². The minimum Gasteiger partial charge on any atom is -0.380 e. The van der Waals surface area contributed by atoms with Crippen LogP contribution in [0, 0.1) is 0 Å². The van der Waals surface area contributed by atoms with Gasteiger partial charge < -0.3 is 5.73 Å². The molecule has 0 bridgehead atoms. The van der Waals surface area contributed by atoms with E-state index in [0.29, 0.717) is 5.52 Å². The van der Waals surface area contributed by atoms with Gasteiger partial charge in [0.25, 0.3) is 0 Å². The summed E-state index contributed by atoms with van der Waals surface area (Å²) in [5.74, 6) is 0.124. The summed E-state index contributed by atoms with van der Waals surface area (Å²) in [6.45, 7) is 0. The van der Waals surface area contributed by atoms with Crippen LogP contribution in [-0.4, -0.2) is 23.6 Å². The van der Waals surface area contributed by atoms with Gasteiger partial charge in [0.1, 0.15) is 5.52 Å². The Labute approximate surface area is 129 Å². The van der Waals surface area contributed by atoms with Crippen LogP contribution in [0.1, 0.15) is 0 Å². The Hall–Kier alpha value is -1.83. The summed E-state index contributed by atoms with van der Waals surface area (Å²) in [4.78, 5) is 3.94. The first-order valence-corrected chi connectivity index (χ1v) is 7.94. The van der Waals surface area contributed by atoms with Crippen molar-refractivity contribution < 1.29 is 8.42 Å². The Balaban J connectivity index is 2.24. The van der Waals surface area contributed by atoms with E-state index < -0.39 is 9.84 Å². The monoisotopic (exact) mass is 342 g/mol. The number of hydrogen-bond acceptors (Lipinski definition) is 5. The van der Waals surface area contributed by atoms with Crippen molar-refractivity contribution in [2.24, 2.45) is 0 Å². The van der Waals surface area contributed by atoms with Gasteiger partial charge in [-0.25, -0.2) is 13.4 Å². The molecular formula is C12H8Cl2N4O2S. The second kappa shape index (κ2) is 4.87. The van der Waals surface area contributed by atoms with E-state index in [0.717, 1.165) is 0 Å². The SMILES string of the molecule is Nc1n[nH]c2ccc(S(=O)(=O)c3cc(Cl)ccc3Cl)nc12. The predicted octanol–water partition coefficient (Wildman–Crippen LogP) is 2.68. The lowest BCUT2D eigenvalue weighted by Crippen LogP contribution is -2.05. The summed E-state index contributed by atoms with van der Waals surface area (Å²) in [5.41, 5.74) is 6.47. The van der Waals surface area contributed by atoms with Crippen molar-refractivity contribution in [2.45, 2.75) is 9.92 Å². The lowest BCUT2D eigenvalue weighted by atomic mass is 10.4. The standard InChI is InChI=1S/C12H8Cl2N4O2S/c13-6-1-2-7(14)9(5-6)21(19,20)10-4-3-8-11(16-10)12(15)18-17-8/h1-5H,(H3,15,17,18). The first-order valence-electron chi connectivity index (χ1n) is 5.70. The Morgan fingerprint density at radius 2 is 1.90 bits per heavy atom. The summed E-state index contributed by atoms with van der Waals surface area (Å²) < 4.78 is 25.2. The third-order valence-electron chi connectivity index (χ3n) is 2.87. The number of hydrogen-bond donors (Lipinski definition) is 2. The molecule has 3 aromatic rings. The van der Waals surface area contributed by atoms with E-state index >= 15 is 0 Å². The van der Waals surface area contributed by atoms with E-state index in [1.165, 1.54) is 30.3 Å². The topological polar surface area (TPSA) is 102 Å². The van der Waals surface area contributed by atoms with Crippen LogP contribution >= 0.6 is 23.2 Å². The predicted molar refractivity (Wildman–Crippen MR) is 80.2 cm³/mol. The van der Waals surface area contributed by atoms with Crippen LogP contribution in [0.25, 0.3) is 11.0 Å². The van der Waals surface area contributed by atoms with E-state index in [2.05, 4.69) is 15.2 Å². The number of aromatic nitrogens is 3. The molecule has 0 saturated carbocycles. The number of nitrogens with one attached hydrogen (secondary N) is 1. The molecule has 0 aliphatic rings. The third-order valence-corrected chi connectivity index (χ3v) is 5.24. The fraction of sp³-hybridized carbons (Fsp3) is 0. The lowest BCUT2D eigenvalue weighted by molar-refractivity contribution is 0.593. The zero-order valence-corrected chi connectivity index (χ0v) is 12.7. The minimum atomic E-state index is -3.90. The average Bonchev–Trinajstić information content (AvgIpc) is 2.82. The first-order chi connectivity index (χ1) is 9.89. The van der Waals surface area contributed by atoms with Crippen molar-refractivity contribution in [1.82, 2.24) is 15.2 Å². The Bertz CT molecular complexity index is 953. The van der Waals surface area contributed by atoms with E-state index in [4.69, 9.17) is 28.9 Å². The third kappa shape index (κ3) is 2.33. The van der Waals surface area contributed by atoms with Crippen LogP contribution in [0.2, 0.25) is 10.0 Å². The number of anilines is 1. The van der Waals surface area contributed by atoms with Gasteiger partial charge >= 0.3 is 0 Å². The van der Waals surface area contributed by atoms with Crippen LogP contribution in [0.5, 0.6) is 0 Å². The largest absolute Gasteiger partial charge is 0.380 e. The van der Waals surface area contributed by atoms with Gasteiger partial charge in [0, 0.05) is 5.02 Å². The number of nitrogens with zero attached hydrogens (tertiary/aromatic N) is 2. The van der Waals surface area contributed by atoms with Gasteiger partial charge in [0.05, 0.1) is 15.4 Å². The number of H-pyrrole nitrogens is 1. The van der Waals surface area contributed by atoms with Gasteiger partial charge in [0.2, 0.25) is 9.84 Å². The highest BCUT2D eigenvalue weighted by molar-refractivity contribution is 7.91. The fourth-order valence-corrected chi connectivity index (χ4v) is 3.80. The maximum atomic E-state index is 12.6. The quantitative estimate of drug-likeness (QED) is 0.745. The van der Waals surface area contributed by atoms with E-state index in [-0.39, 0.29) is 31.3 Å². The maximum absolute atomic E-state index is 12.6. The van der Waals surface area contributed by atoms with Crippen molar-refractivity contribution in [3.05, 3.63) is 40.4 Å². The van der Waals surface area contributed by atoms with Gasteiger partial charge in [-0.1, -0.05) is 23.2 Å². The normalized spacial score (nSPS) is 11.9. The summed E-state index contributed by atoms with van der Waals surface area (Å²) >= 11 is 11.8. The molecule has 3 N–H and O–H groups in total. The van der Waals surface area contributed by atoms with Crippen LogP contribution in [0.15, 0.2) is 40.3 Å². The molecule has 2 heterocycles. The molecule has 0 atom stereocenters. The number of nitrogen functional groups attached to an aromatic ring is 1. The number of benzene rings is 1. The molecule has 6 nitrogen and oxygen atoms in total. The number of sulfone groups is 1. The number of aromatic amines is 1. The highest BCUT2D eigenvalue weighted by atomic mass is 35.5. The smallest absolute Gasteiger partial charge is 0.225 e. The minimum absolute atomic E-state index is 0.0708. The van der Waals surface area contributed by atoms with Crippen molar-refractivity contribution in [3.63, 3.8) is 0 Å². The van der Waals surface area contributed by atoms with Crippen LogP contribution in [0.3, 0.4) is 0 Å². The highest BCUT2D eigenvalue weighted by Crippen LogP contribution is 2.30. The Morgan fingerprint density at radius 1 is 1.14 bits per heavy atom. The van der Waals surface area contributed by atoms with Gasteiger partial charge in [-0.2, -0.15) is 5.10 Å². The lowest BCUT2D eigenvalue weighted by Gasteiger charge is -2.06. The molecule has 21 heavy (non-hydrogen) atoms. The second-order valence-corrected chi connectivity index (χ2v) is 6.94. The van der Waals surface area contributed by atoms with E-state index in [1.54, 1.807) is 0 Å². The molecule has 0 amide bonds. The molecule has 2 aromatic heterocycles. The zero-order valence-electron chi connectivity index (χ0n) is 10.3. The molecule has 0 unspecified atom stereocenters. The fourth-order valence-electron chi connectivity index (χ4n) is 1.85. The molecule has 0 fully saturated rings. The summed E-state index contributed by atoms with van der Waals surface area (Å²) in [6, 6.07) is 7.10. The molecule has 0 spiro atoms. The van der Waals surface area contributed by atoms with Crippen molar-refractivity contribution in [2.75, 3.05) is 5.73 Å². The zero-order chi connectivity index (χ0) is 15.2. The van der Waals surface area contributed by atoms with Gasteiger partial charge in [0.15, 0.2) is 10.8 Å². The molecule has 0 radical (unpaired) electrons. The Kier molecular flexibility index (Phi) is 3.27. The second-order valence-electron chi connectivity index (χ2n) is 4.23. The molecular weight excluding hydrogens is 335 g/mol. The first kappa shape index (κ1) is 14.1. The Morgan fingerprint density at radius 3 is 2.67 bits per heavy atom. The summed E-state index contributed by atoms with van der Waals surface area (Å²) in [5, 5.41) is 6.58. The van der Waals surface area contributed by atoms with Crippen LogP contribution in [-0.2, 0) is 9.84 Å². The van der Waals surface area contributed by atoms with Gasteiger partial charge in [-0.05, 0) is 30.3 Å². The molecule has 0 saturated heterocycles. The maximum Gasteiger partial charge on any atom is 0.225 e. The van der Waals surface area contributed by atoms with Crippen molar-refractivity contribution >= 4 is 49.9 Å². The van der Waals surface area contributed by atoms with Crippen LogP contribution < -0.4 is 5.73 Å². The van der Waals surface area contributed by atoms with Gasteiger partial charge in [-0.15, -0.1) is 0 Å². The molecule has 9 heteroatoms. The van der Waals surface area contributed by atoms with Crippen molar-refractivity contribution in [1.29, 1.82) is 0 Å². The highest BCUT2D eigenvalue weighted by Gasteiger charge is 2.23. The number of rotatable bonds is 2. The van der Waals surface area contributed by atoms with Gasteiger partial charge in [-0.3, -0.25) is 5.10 Å². The summed E-state index contributed by atoms with van der Waals surface area (Å²) in [6.07, 6.45) is 0. The average molecular weight is 343 g/mol. The summed E-state index contributed by atoms with van der Waals surface area (Å²) in [7, 11) is -3.90. The number of fused-ring (bicyclic) bond motifs is 1.